The van der Waals surface area contributed by atoms with Gasteiger partial charge < -0.3 is 45.6 Å². The third kappa shape index (κ3) is 9.83. The molecule has 60 heavy (non-hydrogen) atoms. The first-order valence-corrected chi connectivity index (χ1v) is 21.5. The zero-order valence-electron chi connectivity index (χ0n) is 36.4. The predicted molar refractivity (Wildman–Crippen MR) is 232 cm³/mol. The summed E-state index contributed by atoms with van der Waals surface area (Å²) < 4.78 is 6.13. The number of rotatable bonds is 19. The van der Waals surface area contributed by atoms with Gasteiger partial charge in [0.15, 0.2) is 0 Å². The van der Waals surface area contributed by atoms with Crippen LogP contribution in [0, 0.1) is 29.1 Å². The van der Waals surface area contributed by atoms with Gasteiger partial charge in [-0.15, -0.1) is 0 Å². The van der Waals surface area contributed by atoms with Crippen LogP contribution in [0.2, 0.25) is 0 Å². The lowest BCUT2D eigenvalue weighted by atomic mass is 9.45. The maximum absolute atomic E-state index is 14.4. The quantitative estimate of drug-likeness (QED) is 0.104. The number of amides is 2. The average Bonchev–Trinajstić information content (AvgIpc) is 3.59. The van der Waals surface area contributed by atoms with Crippen molar-refractivity contribution in [2.45, 2.75) is 83.8 Å². The highest BCUT2D eigenvalue weighted by atomic mass is 16.7. The molecule has 0 aromatic heterocycles. The summed E-state index contributed by atoms with van der Waals surface area (Å²) in [7, 11) is 5.51. The normalized spacial score (nSPS) is 25.6. The standard InChI is InChI=1S/C47H67N5O8/c1-29-39-24-35(47(39,3)4)25-40(29)49-46(58)43-42(30(2)56)41(28-55)60-52(43)26-32-14-11-15-38(44(32)59-7)33-21-34(23-37(22-33)51(16-18-53)17-19-54)45(57)48-36(27-50(5)6)20-31-12-9-8-10-13-31/h8-15,21-23,29-30,35-36,39-43,53-56H,16-20,24-28H2,1-7H3,(H,48,57)(H,49,58)/t29-,30-,35-,36-,39-,40-,41-,42-,43-/m0/s1. The molecule has 13 nitrogen and oxygen atoms in total. The Morgan fingerprint density at radius 2 is 1.72 bits per heavy atom. The number of nitrogens with one attached hydrogen (secondary N) is 2. The first kappa shape index (κ1) is 45.4. The number of aliphatic hydroxyl groups is 4. The van der Waals surface area contributed by atoms with E-state index in [1.54, 1.807) is 25.2 Å². The van der Waals surface area contributed by atoms with Crippen LogP contribution in [-0.2, 0) is 22.6 Å². The molecule has 1 aliphatic heterocycles. The summed E-state index contributed by atoms with van der Waals surface area (Å²) in [5, 5.41) is 49.6. The molecule has 2 amide bonds. The van der Waals surface area contributed by atoms with Crippen LogP contribution in [0.5, 0.6) is 5.75 Å². The van der Waals surface area contributed by atoms with Crippen molar-refractivity contribution in [2.75, 3.05) is 65.6 Å². The fourth-order valence-corrected chi connectivity index (χ4v) is 10.3. The van der Waals surface area contributed by atoms with Gasteiger partial charge in [-0.3, -0.25) is 14.4 Å². The Balaban J connectivity index is 1.33. The third-order valence-corrected chi connectivity index (χ3v) is 13.5. The second-order valence-electron chi connectivity index (χ2n) is 18.1. The number of nitrogens with zero attached hydrogens (tertiary/aromatic N) is 3. The Morgan fingerprint density at radius 3 is 2.32 bits per heavy atom. The van der Waals surface area contributed by atoms with Gasteiger partial charge >= 0.3 is 0 Å². The number of methoxy groups -OCH3 is 1. The van der Waals surface area contributed by atoms with E-state index in [2.05, 4.69) is 31.4 Å². The number of fused-ring (bicyclic) bond motifs is 2. The summed E-state index contributed by atoms with van der Waals surface area (Å²) >= 11 is 0. The zero-order valence-corrected chi connectivity index (χ0v) is 36.4. The van der Waals surface area contributed by atoms with Gasteiger partial charge in [-0.1, -0.05) is 69.3 Å². The van der Waals surface area contributed by atoms with Crippen LogP contribution in [-0.4, -0.2) is 133 Å². The fraction of sp³-hybridized carbons (Fsp3) is 0.574. The van der Waals surface area contributed by atoms with E-state index in [-0.39, 0.29) is 68.8 Å². The number of carbonyl (C=O) groups is 2. The molecule has 0 unspecified atom stereocenters. The van der Waals surface area contributed by atoms with Crippen LogP contribution in [0.25, 0.3) is 11.1 Å². The maximum atomic E-state index is 14.4. The average molecular weight is 830 g/mol. The molecule has 328 valence electrons. The molecular formula is C47H67N5O8. The van der Waals surface area contributed by atoms with E-state index in [9.17, 15) is 30.0 Å². The molecule has 3 aromatic carbocycles. The van der Waals surface area contributed by atoms with Gasteiger partial charge in [-0.25, -0.2) is 0 Å². The molecule has 13 heteroatoms. The van der Waals surface area contributed by atoms with Gasteiger partial charge in [0.2, 0.25) is 5.91 Å². The van der Waals surface area contributed by atoms with Crippen LogP contribution >= 0.6 is 0 Å². The molecule has 0 radical (unpaired) electrons. The summed E-state index contributed by atoms with van der Waals surface area (Å²) in [6, 6.07) is 20.1. The van der Waals surface area contributed by atoms with E-state index < -0.39 is 24.2 Å². The van der Waals surface area contributed by atoms with Crippen molar-refractivity contribution in [1.82, 2.24) is 20.6 Å². The summed E-state index contributed by atoms with van der Waals surface area (Å²) in [5.74, 6) is 0.682. The number of para-hydroxylation sites is 1. The van der Waals surface area contributed by atoms with E-state index in [1.807, 2.05) is 84.6 Å². The van der Waals surface area contributed by atoms with Crippen LogP contribution in [0.4, 0.5) is 5.69 Å². The highest BCUT2D eigenvalue weighted by Crippen LogP contribution is 2.61. The predicted octanol–water partition coefficient (Wildman–Crippen LogP) is 3.72. The van der Waals surface area contributed by atoms with E-state index in [0.717, 1.165) is 12.0 Å². The van der Waals surface area contributed by atoms with Crippen molar-refractivity contribution in [2.24, 2.45) is 29.1 Å². The number of anilines is 1. The second kappa shape index (κ2) is 19.7. The Kier molecular flexibility index (Phi) is 15.0. The Labute approximate surface area is 355 Å². The lowest BCUT2D eigenvalue weighted by Crippen LogP contribution is -2.62. The fourth-order valence-electron chi connectivity index (χ4n) is 10.3. The number of benzene rings is 3. The van der Waals surface area contributed by atoms with E-state index in [4.69, 9.17) is 9.57 Å². The van der Waals surface area contributed by atoms with Gasteiger partial charge in [0.25, 0.3) is 5.91 Å². The van der Waals surface area contributed by atoms with Gasteiger partial charge in [-0.05, 0) is 92.8 Å². The minimum atomic E-state index is -0.939. The van der Waals surface area contributed by atoms with Crippen molar-refractivity contribution in [3.8, 4) is 16.9 Å². The van der Waals surface area contributed by atoms with E-state index in [1.165, 1.54) is 6.42 Å². The number of aliphatic hydroxyl groups excluding tert-OH is 4. The lowest BCUT2D eigenvalue weighted by Gasteiger charge is -2.62. The SMILES string of the molecule is COc1c(CN2O[C@@H](CO)[C@H]([C@H](C)O)[C@H]2C(=O)N[C@H]2C[C@@H]3C[C@@H]([C@@H]2C)C3(C)C)cccc1-c1cc(C(=O)N[C@@H](Cc2ccccc2)CN(C)C)cc(N(CCO)CCO)c1. The van der Waals surface area contributed by atoms with Crippen molar-refractivity contribution in [1.29, 1.82) is 0 Å². The number of likely N-dealkylation sites (N-methyl/N-ethyl adjacent to an activating group) is 1. The summed E-state index contributed by atoms with van der Waals surface area (Å²) in [6.07, 6.45) is 0.979. The number of ether oxygens (including phenoxy) is 1. The smallest absolute Gasteiger partial charge is 0.251 e. The molecule has 0 spiro atoms. The number of hydrogen-bond acceptors (Lipinski definition) is 11. The van der Waals surface area contributed by atoms with Crippen molar-refractivity contribution >= 4 is 17.5 Å². The second-order valence-corrected chi connectivity index (χ2v) is 18.1. The molecule has 4 aliphatic rings. The molecule has 9 atom stereocenters. The van der Waals surface area contributed by atoms with Gasteiger partial charge in [-0.2, -0.15) is 5.06 Å². The van der Waals surface area contributed by atoms with Gasteiger partial charge in [0, 0.05) is 60.0 Å². The van der Waals surface area contributed by atoms with Gasteiger partial charge in [0.1, 0.15) is 17.9 Å². The maximum Gasteiger partial charge on any atom is 0.251 e. The third-order valence-electron chi connectivity index (χ3n) is 13.5. The zero-order chi connectivity index (χ0) is 43.3. The van der Waals surface area contributed by atoms with Crippen LogP contribution < -0.4 is 20.3 Å². The van der Waals surface area contributed by atoms with Crippen LogP contribution in [0.3, 0.4) is 0 Å². The molecule has 4 fully saturated rings. The van der Waals surface area contributed by atoms with Crippen LogP contribution in [0.1, 0.15) is 62.0 Å². The largest absolute Gasteiger partial charge is 0.496 e. The van der Waals surface area contributed by atoms with Crippen molar-refractivity contribution in [3.05, 3.63) is 83.4 Å². The Bertz CT molecular complexity index is 1900. The highest BCUT2D eigenvalue weighted by Gasteiger charge is 2.57. The minimum Gasteiger partial charge on any atom is -0.496 e. The molecule has 1 saturated heterocycles. The number of carbonyl (C=O) groups excluding carboxylic acids is 2. The van der Waals surface area contributed by atoms with Crippen molar-refractivity contribution in [3.63, 3.8) is 0 Å². The summed E-state index contributed by atoms with van der Waals surface area (Å²) in [5.41, 5.74) is 4.44. The summed E-state index contributed by atoms with van der Waals surface area (Å²) in [4.78, 5) is 38.8. The van der Waals surface area contributed by atoms with E-state index in [0.29, 0.717) is 64.4 Å². The number of hydrogen-bond donors (Lipinski definition) is 6. The molecule has 3 aromatic rings. The van der Waals surface area contributed by atoms with Crippen LogP contribution in [0.15, 0.2) is 66.7 Å². The topological polar surface area (TPSA) is 167 Å². The van der Waals surface area contributed by atoms with Crippen molar-refractivity contribution < 1.29 is 39.6 Å². The molecule has 7 rings (SSSR count). The molecule has 1 heterocycles. The monoisotopic (exact) mass is 829 g/mol. The molecule has 6 N–H and O–H groups in total. The first-order valence-electron chi connectivity index (χ1n) is 21.5. The molecule has 2 bridgehead atoms. The highest BCUT2D eigenvalue weighted by molar-refractivity contribution is 5.97. The number of hydroxylamine groups is 2. The molecular weight excluding hydrogens is 763 g/mol. The van der Waals surface area contributed by atoms with Gasteiger partial charge in [0.05, 0.1) is 39.6 Å². The lowest BCUT2D eigenvalue weighted by molar-refractivity contribution is -0.183. The Hall–Kier alpha value is -4.08. The molecule has 3 aliphatic carbocycles. The minimum absolute atomic E-state index is 0.00298. The molecule has 3 saturated carbocycles. The summed E-state index contributed by atoms with van der Waals surface area (Å²) in [6.45, 7) is 9.02. The Morgan fingerprint density at radius 1 is 1.00 bits per heavy atom. The first-order chi connectivity index (χ1) is 28.7. The van der Waals surface area contributed by atoms with E-state index >= 15 is 0 Å².